The fourth-order valence-electron chi connectivity index (χ4n) is 12.1. The molecule has 4 bridgehead atoms. The van der Waals surface area contributed by atoms with E-state index < -0.39 is 0 Å². The van der Waals surface area contributed by atoms with Gasteiger partial charge >= 0.3 is 0 Å². The molecule has 4 fully saturated rings. The van der Waals surface area contributed by atoms with E-state index in [9.17, 15) is 0 Å². The number of hydrogen-bond acceptors (Lipinski definition) is 2. The monoisotopic (exact) mass is 683 g/mol. The van der Waals surface area contributed by atoms with Crippen molar-refractivity contribution in [2.24, 2.45) is 23.7 Å². The Bertz CT molecular complexity index is 2740. The number of nitrogens with zero attached hydrogens (tertiary/aromatic N) is 1. The largest absolute Gasteiger partial charge is 0.456 e. The molecule has 5 aliphatic carbocycles. The molecule has 1 aromatic heterocycles. The molecule has 53 heavy (non-hydrogen) atoms. The van der Waals surface area contributed by atoms with E-state index in [4.69, 9.17) is 4.42 Å². The second kappa shape index (κ2) is 11.0. The van der Waals surface area contributed by atoms with Crippen molar-refractivity contribution >= 4 is 49.8 Å². The molecule has 0 amide bonds. The lowest BCUT2D eigenvalue weighted by atomic mass is 9.43. The van der Waals surface area contributed by atoms with Gasteiger partial charge in [0.15, 0.2) is 0 Å². The maximum absolute atomic E-state index is 6.40. The minimum Gasteiger partial charge on any atom is -0.456 e. The van der Waals surface area contributed by atoms with Gasteiger partial charge in [0.05, 0.1) is 16.8 Å². The summed E-state index contributed by atoms with van der Waals surface area (Å²) in [7, 11) is 0. The van der Waals surface area contributed by atoms with Gasteiger partial charge in [-0.15, -0.1) is 0 Å². The van der Waals surface area contributed by atoms with Crippen molar-refractivity contribution < 1.29 is 4.42 Å². The first-order valence-corrected chi connectivity index (χ1v) is 19.7. The molecule has 2 heteroatoms. The van der Waals surface area contributed by atoms with Gasteiger partial charge in [0.2, 0.25) is 0 Å². The van der Waals surface area contributed by atoms with Crippen LogP contribution < -0.4 is 4.90 Å². The topological polar surface area (TPSA) is 16.4 Å². The molecule has 7 aromatic carbocycles. The number of hydrogen-bond donors (Lipinski definition) is 0. The van der Waals surface area contributed by atoms with Crippen LogP contribution in [0.3, 0.4) is 0 Å². The first kappa shape index (κ1) is 29.9. The van der Waals surface area contributed by atoms with Crippen LogP contribution in [0.1, 0.15) is 48.8 Å². The van der Waals surface area contributed by atoms with Crippen molar-refractivity contribution in [2.75, 3.05) is 4.90 Å². The third-order valence-corrected chi connectivity index (χ3v) is 13.9. The van der Waals surface area contributed by atoms with Crippen LogP contribution in [0.4, 0.5) is 17.1 Å². The van der Waals surface area contributed by atoms with Crippen LogP contribution >= 0.6 is 0 Å². The molecule has 13 rings (SSSR count). The van der Waals surface area contributed by atoms with Gasteiger partial charge in [-0.1, -0.05) is 109 Å². The third kappa shape index (κ3) is 4.10. The maximum Gasteiger partial charge on any atom is 0.137 e. The highest BCUT2D eigenvalue weighted by molar-refractivity contribution is 6.15. The molecule has 8 aromatic rings. The summed E-state index contributed by atoms with van der Waals surface area (Å²) in [6.45, 7) is 2.26. The molecular weight excluding hydrogens is 643 g/mol. The zero-order valence-corrected chi connectivity index (χ0v) is 30.1. The molecule has 2 nitrogen and oxygen atoms in total. The Balaban J connectivity index is 1.07. The average Bonchev–Trinajstić information content (AvgIpc) is 3.71. The molecule has 0 unspecified atom stereocenters. The summed E-state index contributed by atoms with van der Waals surface area (Å²) in [5, 5.41) is 4.78. The van der Waals surface area contributed by atoms with E-state index in [1.165, 1.54) is 70.7 Å². The smallest absolute Gasteiger partial charge is 0.137 e. The fraction of sp³-hybridized carbons (Fsp3) is 0.216. The molecule has 4 saturated carbocycles. The van der Waals surface area contributed by atoms with E-state index in [2.05, 4.69) is 157 Å². The van der Waals surface area contributed by atoms with Crippen molar-refractivity contribution in [1.29, 1.82) is 0 Å². The molecule has 0 saturated heterocycles. The lowest BCUT2D eigenvalue weighted by Gasteiger charge is -2.61. The second-order valence-electron chi connectivity index (χ2n) is 16.6. The summed E-state index contributed by atoms with van der Waals surface area (Å²) in [5.41, 5.74) is 15.6. The lowest BCUT2D eigenvalue weighted by Crippen LogP contribution is -2.55. The molecule has 1 spiro atoms. The Hall–Kier alpha value is -5.60. The normalized spacial score (nSPS) is 23.6. The van der Waals surface area contributed by atoms with Crippen LogP contribution in [0.5, 0.6) is 0 Å². The summed E-state index contributed by atoms with van der Waals surface area (Å²) in [6.07, 6.45) is 7.07. The standard InChI is InChI=1S/C51H41NO/c1-31-18-22-44-43(24-31)40-20-19-34(30-45(40)51(44)35-26-32-25-33(28-35)29-36(51)27-32)38-21-23-46(41-13-6-5-12-39(38)41)52(37-10-3-2-4-11-37)47-15-9-17-49-50(47)42-14-7-8-16-48(42)53-49/h2-24,30,32-33,35-36H,25-29H2,1H3. The summed E-state index contributed by atoms with van der Waals surface area (Å²) in [6, 6.07) is 54.4. The number of rotatable bonds is 4. The number of anilines is 3. The Labute approximate surface area is 310 Å². The van der Waals surface area contributed by atoms with E-state index in [1.807, 2.05) is 0 Å². The number of fused-ring (bicyclic) bond motifs is 7. The van der Waals surface area contributed by atoms with Crippen LogP contribution in [0.15, 0.2) is 150 Å². The minimum atomic E-state index is 0.147. The predicted octanol–water partition coefficient (Wildman–Crippen LogP) is 13.9. The summed E-state index contributed by atoms with van der Waals surface area (Å²) < 4.78 is 6.40. The van der Waals surface area contributed by atoms with Gasteiger partial charge in [-0.3, -0.25) is 0 Å². The Morgan fingerprint density at radius 3 is 2.02 bits per heavy atom. The quantitative estimate of drug-likeness (QED) is 0.184. The van der Waals surface area contributed by atoms with Gasteiger partial charge in [-0.25, -0.2) is 0 Å². The number of benzene rings is 7. The van der Waals surface area contributed by atoms with Crippen molar-refractivity contribution in [2.45, 2.75) is 44.4 Å². The highest BCUT2D eigenvalue weighted by atomic mass is 16.3. The maximum atomic E-state index is 6.40. The zero-order chi connectivity index (χ0) is 34.8. The summed E-state index contributed by atoms with van der Waals surface area (Å²) in [5.74, 6) is 3.35. The van der Waals surface area contributed by atoms with E-state index in [0.29, 0.717) is 0 Å². The molecule has 256 valence electrons. The van der Waals surface area contributed by atoms with Crippen molar-refractivity contribution in [3.05, 3.63) is 162 Å². The number of para-hydroxylation sites is 2. The van der Waals surface area contributed by atoms with Gasteiger partial charge in [-0.2, -0.15) is 0 Å². The van der Waals surface area contributed by atoms with Crippen LogP contribution in [0.25, 0.3) is 55.0 Å². The first-order chi connectivity index (χ1) is 26.1. The van der Waals surface area contributed by atoms with Gasteiger partial charge in [-0.05, 0) is 144 Å². The van der Waals surface area contributed by atoms with Gasteiger partial charge in [0, 0.05) is 21.9 Å². The van der Waals surface area contributed by atoms with Gasteiger partial charge < -0.3 is 9.32 Å². The van der Waals surface area contributed by atoms with Crippen molar-refractivity contribution in [3.63, 3.8) is 0 Å². The van der Waals surface area contributed by atoms with E-state index in [-0.39, 0.29) is 5.41 Å². The molecule has 0 atom stereocenters. The molecular formula is C51H41NO. The van der Waals surface area contributed by atoms with Crippen LogP contribution in [-0.4, -0.2) is 0 Å². The minimum absolute atomic E-state index is 0.147. The zero-order valence-electron chi connectivity index (χ0n) is 30.1. The second-order valence-corrected chi connectivity index (χ2v) is 16.6. The summed E-state index contributed by atoms with van der Waals surface area (Å²) >= 11 is 0. The summed E-state index contributed by atoms with van der Waals surface area (Å²) in [4.78, 5) is 2.43. The fourth-order valence-corrected chi connectivity index (χ4v) is 12.1. The van der Waals surface area contributed by atoms with Crippen LogP contribution in [0, 0.1) is 30.6 Å². The lowest BCUT2D eigenvalue weighted by molar-refractivity contribution is -0.0399. The van der Waals surface area contributed by atoms with Gasteiger partial charge in [0.1, 0.15) is 11.2 Å². The van der Waals surface area contributed by atoms with Crippen molar-refractivity contribution in [1.82, 2.24) is 0 Å². The third-order valence-electron chi connectivity index (χ3n) is 13.9. The van der Waals surface area contributed by atoms with Crippen LogP contribution in [0.2, 0.25) is 0 Å². The highest BCUT2D eigenvalue weighted by Gasteiger charge is 2.61. The van der Waals surface area contributed by atoms with Crippen LogP contribution in [-0.2, 0) is 5.41 Å². The molecule has 0 N–H and O–H groups in total. The Morgan fingerprint density at radius 2 is 1.21 bits per heavy atom. The van der Waals surface area contributed by atoms with Crippen molar-refractivity contribution in [3.8, 4) is 22.3 Å². The van der Waals surface area contributed by atoms with E-state index >= 15 is 0 Å². The molecule has 0 aliphatic heterocycles. The number of furan rings is 1. The highest BCUT2D eigenvalue weighted by Crippen LogP contribution is 2.69. The SMILES string of the molecule is Cc1ccc2c(c1)-c1ccc(-c3ccc(N(c4ccccc4)c4cccc5oc6ccccc6c45)c4ccccc34)cc1C21C2CC3CC(C2)CC1C3. The predicted molar refractivity (Wildman–Crippen MR) is 219 cm³/mol. The Kier molecular flexibility index (Phi) is 6.19. The molecule has 5 aliphatic rings. The Morgan fingerprint density at radius 1 is 0.509 bits per heavy atom. The number of aryl methyl sites for hydroxylation is 1. The molecule has 0 radical (unpaired) electrons. The van der Waals surface area contributed by atoms with E-state index in [1.54, 1.807) is 11.1 Å². The molecule has 1 heterocycles. The van der Waals surface area contributed by atoms with E-state index in [0.717, 1.165) is 62.7 Å². The van der Waals surface area contributed by atoms with Gasteiger partial charge in [0.25, 0.3) is 0 Å². The average molecular weight is 684 g/mol. The first-order valence-electron chi connectivity index (χ1n) is 19.7.